The molecule has 2 saturated carbocycles. The van der Waals surface area contributed by atoms with Crippen LogP contribution in [0.4, 0.5) is 5.82 Å². The number of carboxylic acids is 1. The van der Waals surface area contributed by atoms with E-state index in [-0.39, 0.29) is 11.7 Å². The first-order chi connectivity index (χ1) is 17.4. The first-order valence-corrected chi connectivity index (χ1v) is 13.2. The van der Waals surface area contributed by atoms with Crippen LogP contribution in [0.1, 0.15) is 66.1 Å². The van der Waals surface area contributed by atoms with Gasteiger partial charge in [0.25, 0.3) is 0 Å². The van der Waals surface area contributed by atoms with Gasteiger partial charge in [-0.15, -0.1) is 0 Å². The van der Waals surface area contributed by atoms with Crippen LogP contribution in [0.5, 0.6) is 0 Å². The van der Waals surface area contributed by atoms with Crippen molar-refractivity contribution in [3.8, 4) is 11.3 Å². The molecule has 7 nitrogen and oxygen atoms in total. The molecule has 9 heteroatoms. The molecule has 1 aliphatic heterocycles. The molecule has 0 amide bonds. The van der Waals surface area contributed by atoms with Crippen molar-refractivity contribution in [3.63, 3.8) is 0 Å². The molecule has 0 radical (unpaired) electrons. The van der Waals surface area contributed by atoms with E-state index in [0.29, 0.717) is 39.2 Å². The van der Waals surface area contributed by atoms with Crippen molar-refractivity contribution < 1.29 is 19.2 Å². The van der Waals surface area contributed by atoms with Gasteiger partial charge in [-0.05, 0) is 68.2 Å². The smallest absolute Gasteiger partial charge is 0.337 e. The van der Waals surface area contributed by atoms with E-state index < -0.39 is 5.97 Å². The summed E-state index contributed by atoms with van der Waals surface area (Å²) in [6.07, 6.45) is 8.09. The van der Waals surface area contributed by atoms with Crippen LogP contribution in [0.25, 0.3) is 11.3 Å². The molecule has 1 aromatic carbocycles. The second-order valence-electron chi connectivity index (χ2n) is 10.3. The molecule has 3 aliphatic rings. The van der Waals surface area contributed by atoms with Gasteiger partial charge >= 0.3 is 5.97 Å². The number of pyridine rings is 1. The van der Waals surface area contributed by atoms with Crippen LogP contribution in [0.15, 0.2) is 41.1 Å². The molecular formula is C27H27Cl2N3O4. The van der Waals surface area contributed by atoms with Crippen molar-refractivity contribution in [1.29, 1.82) is 0 Å². The summed E-state index contributed by atoms with van der Waals surface area (Å²) in [5, 5.41) is 14.6. The predicted octanol–water partition coefficient (Wildman–Crippen LogP) is 6.58. The van der Waals surface area contributed by atoms with Gasteiger partial charge < -0.3 is 19.3 Å². The Bertz CT molecular complexity index is 1250. The molecule has 3 fully saturated rings. The first-order valence-electron chi connectivity index (χ1n) is 12.4. The number of benzene rings is 1. The van der Waals surface area contributed by atoms with Crippen LogP contribution in [0.2, 0.25) is 10.0 Å². The van der Waals surface area contributed by atoms with Crippen molar-refractivity contribution >= 4 is 35.0 Å². The molecule has 188 valence electrons. The number of hydrogen-bond acceptors (Lipinski definition) is 6. The number of ether oxygens (including phenoxy) is 1. The number of carbonyl (C=O) groups is 1. The first kappa shape index (κ1) is 23.8. The van der Waals surface area contributed by atoms with Crippen molar-refractivity contribution in [2.24, 2.45) is 5.41 Å². The quantitative estimate of drug-likeness (QED) is 0.370. The molecule has 1 N–H and O–H groups in total. The molecule has 2 aliphatic carbocycles. The van der Waals surface area contributed by atoms with Gasteiger partial charge in [0, 0.05) is 36.3 Å². The lowest BCUT2D eigenvalue weighted by molar-refractivity contribution is -0.0979. The third-order valence-corrected chi connectivity index (χ3v) is 8.52. The third-order valence-electron chi connectivity index (χ3n) is 7.89. The number of halogens is 2. The van der Waals surface area contributed by atoms with Gasteiger partial charge in [-0.3, -0.25) is 0 Å². The molecule has 0 bridgehead atoms. The average Bonchev–Trinajstić information content (AvgIpc) is 3.62. The fourth-order valence-corrected chi connectivity index (χ4v) is 6.17. The highest BCUT2D eigenvalue weighted by atomic mass is 35.5. The Labute approximate surface area is 219 Å². The van der Waals surface area contributed by atoms with E-state index in [9.17, 15) is 4.79 Å². The Morgan fingerprint density at radius 1 is 1.14 bits per heavy atom. The fourth-order valence-electron chi connectivity index (χ4n) is 5.59. The van der Waals surface area contributed by atoms with Crippen LogP contribution < -0.4 is 4.90 Å². The summed E-state index contributed by atoms with van der Waals surface area (Å²) in [6.45, 7) is 2.27. The zero-order valence-electron chi connectivity index (χ0n) is 19.8. The lowest BCUT2D eigenvalue weighted by Gasteiger charge is -2.52. The number of rotatable bonds is 7. The highest BCUT2D eigenvalue weighted by Crippen LogP contribution is 2.52. The summed E-state index contributed by atoms with van der Waals surface area (Å²) in [5.74, 6) is 1.20. The number of anilines is 1. The van der Waals surface area contributed by atoms with E-state index in [0.717, 1.165) is 68.8 Å². The van der Waals surface area contributed by atoms with Crippen molar-refractivity contribution in [3.05, 3.63) is 63.5 Å². The molecule has 0 atom stereocenters. The van der Waals surface area contributed by atoms with Gasteiger partial charge in [0.15, 0.2) is 0 Å². The number of aromatic carboxylic acids is 1. The van der Waals surface area contributed by atoms with E-state index >= 15 is 0 Å². The van der Waals surface area contributed by atoms with Gasteiger partial charge in [-0.25, -0.2) is 9.78 Å². The van der Waals surface area contributed by atoms with Crippen LogP contribution >= 0.6 is 23.2 Å². The Morgan fingerprint density at radius 2 is 1.86 bits per heavy atom. The van der Waals surface area contributed by atoms with Crippen molar-refractivity contribution in [2.45, 2.75) is 57.2 Å². The van der Waals surface area contributed by atoms with Crippen LogP contribution in [-0.2, 0) is 11.3 Å². The van der Waals surface area contributed by atoms with E-state index in [2.05, 4.69) is 15.0 Å². The lowest BCUT2D eigenvalue weighted by Crippen LogP contribution is -2.50. The maximum absolute atomic E-state index is 11.1. The van der Waals surface area contributed by atoms with Crippen molar-refractivity contribution in [1.82, 2.24) is 10.1 Å². The zero-order valence-corrected chi connectivity index (χ0v) is 21.3. The molecular weight excluding hydrogens is 501 g/mol. The maximum atomic E-state index is 11.1. The molecule has 1 spiro atoms. The molecule has 3 aromatic rings. The Balaban J connectivity index is 1.08. The largest absolute Gasteiger partial charge is 0.478 e. The molecule has 1 saturated heterocycles. The summed E-state index contributed by atoms with van der Waals surface area (Å²) in [6, 6.07) is 8.88. The topological polar surface area (TPSA) is 88.7 Å². The Hall–Kier alpha value is -2.61. The molecule has 3 heterocycles. The number of nitrogens with zero attached hydrogens (tertiary/aromatic N) is 3. The minimum atomic E-state index is -0.954. The van der Waals surface area contributed by atoms with Crippen LogP contribution in [0.3, 0.4) is 0 Å². The third kappa shape index (κ3) is 4.49. The monoisotopic (exact) mass is 527 g/mol. The summed E-state index contributed by atoms with van der Waals surface area (Å²) in [7, 11) is 0. The molecule has 2 aromatic heterocycles. The number of aromatic nitrogens is 2. The molecule has 0 unspecified atom stereocenters. The highest BCUT2D eigenvalue weighted by molar-refractivity contribution is 6.39. The summed E-state index contributed by atoms with van der Waals surface area (Å²) in [5.41, 5.74) is 2.89. The van der Waals surface area contributed by atoms with Gasteiger partial charge in [-0.1, -0.05) is 34.4 Å². The normalized spacial score (nSPS) is 19.4. The van der Waals surface area contributed by atoms with Crippen LogP contribution in [0, 0.1) is 5.41 Å². The molecule has 36 heavy (non-hydrogen) atoms. The van der Waals surface area contributed by atoms with Crippen molar-refractivity contribution in [2.75, 3.05) is 18.0 Å². The summed E-state index contributed by atoms with van der Waals surface area (Å²) < 4.78 is 12.2. The number of hydrogen-bond donors (Lipinski definition) is 1. The SMILES string of the molecule is O=C(O)c1ccc(N2CCC3(CC2)CC(OCc2c(-c4c(Cl)cccc4Cl)noc2C2CC2)C3)nc1. The van der Waals surface area contributed by atoms with E-state index in [1.165, 1.54) is 6.20 Å². The number of piperidine rings is 1. The predicted molar refractivity (Wildman–Crippen MR) is 137 cm³/mol. The standard InChI is InChI=1S/C27H27Cl2N3O4/c28-20-2-1-3-21(29)23(20)24-19(25(36-31-24)16-4-5-16)15-35-18-12-27(13-18)8-10-32(11-9-27)22-7-6-17(14-30-22)26(33)34/h1-3,6-7,14,16,18H,4-5,8-13,15H2,(H,33,34). The average molecular weight is 528 g/mol. The number of carboxylic acid groups (broad SMARTS) is 1. The second kappa shape index (κ2) is 9.36. The van der Waals surface area contributed by atoms with E-state index in [4.69, 9.17) is 37.6 Å². The molecule has 6 rings (SSSR count). The summed E-state index contributed by atoms with van der Waals surface area (Å²) in [4.78, 5) is 17.7. The lowest BCUT2D eigenvalue weighted by atomic mass is 9.61. The highest BCUT2D eigenvalue weighted by Gasteiger charge is 2.47. The van der Waals surface area contributed by atoms with Gasteiger partial charge in [0.05, 0.1) is 28.3 Å². The minimum absolute atomic E-state index is 0.209. The fraction of sp³-hybridized carbons (Fsp3) is 0.444. The Kier molecular flexibility index (Phi) is 6.18. The van der Waals surface area contributed by atoms with E-state index in [1.807, 2.05) is 18.2 Å². The van der Waals surface area contributed by atoms with Gasteiger partial charge in [0.2, 0.25) is 0 Å². The van der Waals surface area contributed by atoms with Gasteiger partial charge in [-0.2, -0.15) is 0 Å². The minimum Gasteiger partial charge on any atom is -0.478 e. The Morgan fingerprint density at radius 3 is 2.47 bits per heavy atom. The van der Waals surface area contributed by atoms with E-state index in [1.54, 1.807) is 12.1 Å². The second-order valence-corrected chi connectivity index (χ2v) is 11.1. The van der Waals surface area contributed by atoms with Crippen LogP contribution in [-0.4, -0.2) is 40.4 Å². The maximum Gasteiger partial charge on any atom is 0.337 e. The van der Waals surface area contributed by atoms with Gasteiger partial charge in [0.1, 0.15) is 17.3 Å². The zero-order chi connectivity index (χ0) is 24.9. The summed E-state index contributed by atoms with van der Waals surface area (Å²) >= 11 is 13.0.